The van der Waals surface area contributed by atoms with E-state index in [2.05, 4.69) is 5.32 Å². The Bertz CT molecular complexity index is 152. The lowest BCUT2D eigenvalue weighted by molar-refractivity contribution is -0.139. The molecule has 3 nitrogen and oxygen atoms in total. The van der Waals surface area contributed by atoms with E-state index in [0.29, 0.717) is 12.0 Å². The predicted octanol–water partition coefficient (Wildman–Crippen LogP) is 0.243. The van der Waals surface area contributed by atoms with Gasteiger partial charge < -0.3 is 10.4 Å². The van der Waals surface area contributed by atoms with Crippen molar-refractivity contribution in [3.05, 3.63) is 0 Å². The zero-order chi connectivity index (χ0) is 6.43. The summed E-state index contributed by atoms with van der Waals surface area (Å²) in [4.78, 5) is 10.3. The average molecular weight is 164 g/mol. The summed E-state index contributed by atoms with van der Waals surface area (Å²) in [5.41, 5.74) is 0. The molecule has 3 unspecified atom stereocenters. The van der Waals surface area contributed by atoms with E-state index >= 15 is 0 Å². The molecule has 1 aliphatic heterocycles. The van der Waals surface area contributed by atoms with Crippen LogP contribution in [0.25, 0.3) is 0 Å². The number of carbonyl (C=O) groups is 1. The molecule has 0 amide bonds. The van der Waals surface area contributed by atoms with E-state index in [1.54, 1.807) is 0 Å². The summed E-state index contributed by atoms with van der Waals surface area (Å²) < 4.78 is 0. The van der Waals surface area contributed by atoms with E-state index in [9.17, 15) is 4.79 Å². The van der Waals surface area contributed by atoms with Crippen molar-refractivity contribution in [2.24, 2.45) is 5.92 Å². The molecule has 3 atom stereocenters. The van der Waals surface area contributed by atoms with Crippen LogP contribution in [-0.2, 0) is 4.79 Å². The van der Waals surface area contributed by atoms with Gasteiger partial charge in [-0.25, -0.2) is 0 Å². The van der Waals surface area contributed by atoms with Crippen molar-refractivity contribution < 1.29 is 9.90 Å². The summed E-state index contributed by atoms with van der Waals surface area (Å²) in [5, 5.41) is 11.5. The minimum absolute atomic E-state index is 0. The molecule has 4 heteroatoms. The van der Waals surface area contributed by atoms with Crippen molar-refractivity contribution >= 4 is 18.4 Å². The zero-order valence-corrected chi connectivity index (χ0v) is 6.23. The summed E-state index contributed by atoms with van der Waals surface area (Å²) in [5.74, 6) is -0.00620. The fourth-order valence-electron chi connectivity index (χ4n) is 1.51. The van der Waals surface area contributed by atoms with Crippen LogP contribution in [0.1, 0.15) is 12.8 Å². The number of aliphatic carboxylic acids is 1. The Balaban J connectivity index is 0.000000500. The van der Waals surface area contributed by atoms with Gasteiger partial charge in [-0.2, -0.15) is 0 Å². The van der Waals surface area contributed by atoms with Crippen molar-refractivity contribution in [1.29, 1.82) is 0 Å². The van der Waals surface area contributed by atoms with Crippen molar-refractivity contribution in [3.8, 4) is 0 Å². The number of carboxylic acids is 1. The second-order valence-electron chi connectivity index (χ2n) is 2.90. The summed E-state index contributed by atoms with van der Waals surface area (Å²) in [6.45, 7) is 0. The van der Waals surface area contributed by atoms with Gasteiger partial charge in [0.2, 0.25) is 0 Å². The molecule has 1 heterocycles. The molecule has 2 aliphatic rings. The Morgan fingerprint density at radius 1 is 1.50 bits per heavy atom. The maximum Gasteiger partial charge on any atom is 0.320 e. The average Bonchev–Trinajstić information content (AvgIpc) is 2.40. The van der Waals surface area contributed by atoms with Crippen LogP contribution in [0.3, 0.4) is 0 Å². The molecule has 2 N–H and O–H groups in total. The molecular formula is C6H10ClNO2. The van der Waals surface area contributed by atoms with Gasteiger partial charge in [0.05, 0.1) is 0 Å². The van der Waals surface area contributed by atoms with Gasteiger partial charge in [-0.05, 0) is 18.8 Å². The molecule has 2 rings (SSSR count). The lowest BCUT2D eigenvalue weighted by Crippen LogP contribution is -2.33. The lowest BCUT2D eigenvalue weighted by atomic mass is 10.2. The van der Waals surface area contributed by atoms with Crippen LogP contribution in [0.4, 0.5) is 0 Å². The molecule has 0 aromatic rings. The van der Waals surface area contributed by atoms with E-state index in [4.69, 9.17) is 5.11 Å². The van der Waals surface area contributed by atoms with Crippen LogP contribution < -0.4 is 5.32 Å². The van der Waals surface area contributed by atoms with Crippen LogP contribution in [0.2, 0.25) is 0 Å². The number of hydrogen-bond acceptors (Lipinski definition) is 2. The van der Waals surface area contributed by atoms with Crippen LogP contribution >= 0.6 is 12.4 Å². The van der Waals surface area contributed by atoms with Gasteiger partial charge in [0.25, 0.3) is 0 Å². The third kappa shape index (κ3) is 1.11. The van der Waals surface area contributed by atoms with Crippen molar-refractivity contribution in [2.45, 2.75) is 24.9 Å². The number of piperidine rings is 1. The molecule has 10 heavy (non-hydrogen) atoms. The van der Waals surface area contributed by atoms with E-state index in [-0.39, 0.29) is 18.4 Å². The number of hydrogen-bond donors (Lipinski definition) is 2. The summed E-state index contributed by atoms with van der Waals surface area (Å²) in [7, 11) is 0. The smallest absolute Gasteiger partial charge is 0.320 e. The van der Waals surface area contributed by atoms with E-state index in [1.165, 1.54) is 6.42 Å². The van der Waals surface area contributed by atoms with E-state index < -0.39 is 5.97 Å². The zero-order valence-electron chi connectivity index (χ0n) is 5.41. The molecule has 1 saturated carbocycles. The first-order valence-electron chi connectivity index (χ1n) is 3.26. The van der Waals surface area contributed by atoms with Gasteiger partial charge in [-0.1, -0.05) is 0 Å². The van der Waals surface area contributed by atoms with Crippen molar-refractivity contribution in [2.75, 3.05) is 0 Å². The van der Waals surface area contributed by atoms with E-state index in [0.717, 1.165) is 6.42 Å². The summed E-state index contributed by atoms with van der Waals surface area (Å²) >= 11 is 0. The fourth-order valence-corrected chi connectivity index (χ4v) is 1.51. The normalized spacial score (nSPS) is 41.8. The largest absolute Gasteiger partial charge is 0.480 e. The number of fused-ring (bicyclic) bond motifs is 1. The Morgan fingerprint density at radius 2 is 2.20 bits per heavy atom. The minimum Gasteiger partial charge on any atom is -0.480 e. The Labute approximate surface area is 65.2 Å². The standard InChI is InChI=1S/C6H9NO2.ClH/c8-6(9)5-2-3-1-4(3)7-5;/h3-5,7H,1-2H2,(H,8,9);1H. The van der Waals surface area contributed by atoms with Crippen LogP contribution in [0, 0.1) is 5.92 Å². The molecule has 0 radical (unpaired) electrons. The van der Waals surface area contributed by atoms with E-state index in [1.807, 2.05) is 0 Å². The predicted molar refractivity (Wildman–Crippen MR) is 38.3 cm³/mol. The molecule has 0 spiro atoms. The number of halogens is 1. The highest BCUT2D eigenvalue weighted by Gasteiger charge is 2.47. The second-order valence-corrected chi connectivity index (χ2v) is 2.90. The second kappa shape index (κ2) is 2.40. The fraction of sp³-hybridized carbons (Fsp3) is 0.833. The van der Waals surface area contributed by atoms with Gasteiger partial charge >= 0.3 is 5.97 Å². The molecule has 0 aromatic heterocycles. The third-order valence-corrected chi connectivity index (χ3v) is 2.17. The first kappa shape index (κ1) is 7.82. The van der Waals surface area contributed by atoms with Crippen molar-refractivity contribution in [1.82, 2.24) is 5.32 Å². The maximum absolute atomic E-state index is 10.3. The lowest BCUT2D eigenvalue weighted by Gasteiger charge is -2.04. The Hall–Kier alpha value is -0.280. The molecular weight excluding hydrogens is 154 g/mol. The van der Waals surface area contributed by atoms with Gasteiger partial charge in [-0.3, -0.25) is 4.79 Å². The highest BCUT2D eigenvalue weighted by atomic mass is 35.5. The number of nitrogens with one attached hydrogen (secondary N) is 1. The number of rotatable bonds is 1. The SMILES string of the molecule is Cl.O=C(O)C1CC2CC2N1. The molecule has 2 fully saturated rings. The van der Waals surface area contributed by atoms with Gasteiger partial charge in [0, 0.05) is 6.04 Å². The topological polar surface area (TPSA) is 49.3 Å². The van der Waals surface area contributed by atoms with Crippen molar-refractivity contribution in [3.63, 3.8) is 0 Å². The third-order valence-electron chi connectivity index (χ3n) is 2.17. The molecule has 0 aromatic carbocycles. The quantitative estimate of drug-likeness (QED) is 0.583. The van der Waals surface area contributed by atoms with Crippen LogP contribution in [-0.4, -0.2) is 23.2 Å². The van der Waals surface area contributed by atoms with Crippen LogP contribution in [0.15, 0.2) is 0 Å². The number of carboxylic acid groups (broad SMARTS) is 1. The molecule has 1 saturated heterocycles. The monoisotopic (exact) mass is 163 g/mol. The van der Waals surface area contributed by atoms with Gasteiger partial charge in [-0.15, -0.1) is 12.4 Å². The van der Waals surface area contributed by atoms with Gasteiger partial charge in [0.15, 0.2) is 0 Å². The summed E-state index contributed by atoms with van der Waals surface area (Å²) in [6, 6.07) is 0.305. The first-order valence-corrected chi connectivity index (χ1v) is 3.26. The minimum atomic E-state index is -0.692. The Kier molecular flexibility index (Phi) is 1.88. The molecule has 58 valence electrons. The molecule has 0 bridgehead atoms. The first-order chi connectivity index (χ1) is 4.27. The summed E-state index contributed by atoms with van der Waals surface area (Å²) in [6.07, 6.45) is 2.05. The highest BCUT2D eigenvalue weighted by Crippen LogP contribution is 2.40. The van der Waals surface area contributed by atoms with Gasteiger partial charge in [0.1, 0.15) is 6.04 Å². The maximum atomic E-state index is 10.3. The molecule has 1 aliphatic carbocycles. The highest BCUT2D eigenvalue weighted by molar-refractivity contribution is 5.85. The van der Waals surface area contributed by atoms with Crippen LogP contribution in [0.5, 0.6) is 0 Å². The Morgan fingerprint density at radius 3 is 2.50 bits per heavy atom.